The molecule has 0 saturated heterocycles. The molecule has 0 spiro atoms. The van der Waals surface area contributed by atoms with Crippen LogP contribution in [0.5, 0.6) is 0 Å². The van der Waals surface area contributed by atoms with Crippen LogP contribution in [0.25, 0.3) is 0 Å². The summed E-state index contributed by atoms with van der Waals surface area (Å²) in [6.07, 6.45) is 2.20. The first kappa shape index (κ1) is 14.6. The molecule has 1 aromatic heterocycles. The summed E-state index contributed by atoms with van der Waals surface area (Å²) in [4.78, 5) is 1.37. The van der Waals surface area contributed by atoms with Gasteiger partial charge < -0.3 is 5.32 Å². The van der Waals surface area contributed by atoms with Crippen LogP contribution in [0.1, 0.15) is 16.0 Å². The van der Waals surface area contributed by atoms with Gasteiger partial charge in [0.25, 0.3) is 0 Å². The Morgan fingerprint density at radius 1 is 1.16 bits per heavy atom. The number of benzene rings is 1. The second kappa shape index (κ2) is 7.09. The highest BCUT2D eigenvalue weighted by molar-refractivity contribution is 7.16. The molecule has 0 saturated carbocycles. The number of rotatable bonds is 6. The largest absolute Gasteiger partial charge is 0.319 e. The molecule has 0 radical (unpaired) electrons. The molecule has 102 valence electrons. The van der Waals surface area contributed by atoms with Crippen LogP contribution in [0.3, 0.4) is 0 Å². The quantitative estimate of drug-likeness (QED) is 0.836. The highest BCUT2D eigenvalue weighted by atomic mass is 35.5. The molecule has 1 unspecified atom stereocenters. The van der Waals surface area contributed by atoms with Gasteiger partial charge in [0.2, 0.25) is 0 Å². The first-order valence-corrected chi connectivity index (χ1v) is 7.82. The van der Waals surface area contributed by atoms with Gasteiger partial charge in [0.05, 0.1) is 4.34 Å². The zero-order valence-electron chi connectivity index (χ0n) is 11.4. The van der Waals surface area contributed by atoms with E-state index in [0.29, 0.717) is 5.92 Å². The fourth-order valence-electron chi connectivity index (χ4n) is 2.40. The van der Waals surface area contributed by atoms with Gasteiger partial charge in [-0.1, -0.05) is 35.9 Å². The Bertz CT molecular complexity index is 521. The van der Waals surface area contributed by atoms with Gasteiger partial charge in [-0.3, -0.25) is 0 Å². The molecule has 3 heteroatoms. The summed E-state index contributed by atoms with van der Waals surface area (Å²) in [7, 11) is 2.02. The Hall–Kier alpha value is -0.830. The van der Waals surface area contributed by atoms with E-state index in [1.165, 1.54) is 16.0 Å². The molecule has 1 N–H and O–H groups in total. The maximum atomic E-state index is 6.01. The van der Waals surface area contributed by atoms with E-state index < -0.39 is 0 Å². The molecule has 19 heavy (non-hydrogen) atoms. The smallest absolute Gasteiger partial charge is 0.0931 e. The summed E-state index contributed by atoms with van der Waals surface area (Å²) in [5.41, 5.74) is 2.83. The second-order valence-electron chi connectivity index (χ2n) is 4.96. The lowest BCUT2D eigenvalue weighted by Crippen LogP contribution is -2.22. The lowest BCUT2D eigenvalue weighted by atomic mass is 9.93. The van der Waals surface area contributed by atoms with Crippen LogP contribution >= 0.6 is 22.9 Å². The third-order valence-electron chi connectivity index (χ3n) is 3.38. The average molecular weight is 294 g/mol. The molecular weight excluding hydrogens is 274 g/mol. The Kier molecular flexibility index (Phi) is 5.44. The minimum absolute atomic E-state index is 0.612. The van der Waals surface area contributed by atoms with Crippen LogP contribution in [0, 0.1) is 12.8 Å². The van der Waals surface area contributed by atoms with E-state index >= 15 is 0 Å². The molecule has 0 aliphatic rings. The van der Waals surface area contributed by atoms with E-state index in [-0.39, 0.29) is 0 Å². The Labute approximate surface area is 124 Å². The maximum absolute atomic E-state index is 6.01. The molecular formula is C16H20ClNS. The van der Waals surface area contributed by atoms with Gasteiger partial charge in [-0.2, -0.15) is 0 Å². The molecule has 0 aliphatic heterocycles. The number of aryl methyl sites for hydroxylation is 1. The van der Waals surface area contributed by atoms with Crippen molar-refractivity contribution >= 4 is 22.9 Å². The van der Waals surface area contributed by atoms with Crippen molar-refractivity contribution < 1.29 is 0 Å². The van der Waals surface area contributed by atoms with Crippen molar-refractivity contribution in [3.05, 3.63) is 56.7 Å². The first-order chi connectivity index (χ1) is 9.19. The zero-order valence-corrected chi connectivity index (χ0v) is 13.0. The monoisotopic (exact) mass is 293 g/mol. The van der Waals surface area contributed by atoms with Crippen molar-refractivity contribution in [1.29, 1.82) is 0 Å². The van der Waals surface area contributed by atoms with Crippen molar-refractivity contribution in [3.63, 3.8) is 0 Å². The molecule has 0 amide bonds. The Morgan fingerprint density at radius 2 is 1.95 bits per heavy atom. The SMILES string of the molecule is CNCC(Cc1ccc(Cl)s1)Cc1ccccc1C. The molecule has 2 rings (SSSR count). The summed E-state index contributed by atoms with van der Waals surface area (Å²) in [6.45, 7) is 3.22. The normalized spacial score (nSPS) is 12.6. The van der Waals surface area contributed by atoms with Crippen molar-refractivity contribution in [3.8, 4) is 0 Å². The van der Waals surface area contributed by atoms with Gasteiger partial charge in [-0.05, 0) is 62.5 Å². The van der Waals surface area contributed by atoms with Gasteiger partial charge >= 0.3 is 0 Å². The van der Waals surface area contributed by atoms with Crippen LogP contribution in [-0.2, 0) is 12.8 Å². The van der Waals surface area contributed by atoms with Crippen LogP contribution in [0.15, 0.2) is 36.4 Å². The maximum Gasteiger partial charge on any atom is 0.0931 e. The molecule has 2 aromatic rings. The predicted molar refractivity (Wildman–Crippen MR) is 85.3 cm³/mol. The Balaban J connectivity index is 2.06. The van der Waals surface area contributed by atoms with Crippen LogP contribution in [0.2, 0.25) is 4.34 Å². The van der Waals surface area contributed by atoms with E-state index in [1.807, 2.05) is 13.1 Å². The molecule has 0 aliphatic carbocycles. The fraction of sp³-hybridized carbons (Fsp3) is 0.375. The van der Waals surface area contributed by atoms with Crippen LogP contribution in [0.4, 0.5) is 0 Å². The van der Waals surface area contributed by atoms with Gasteiger partial charge in [-0.15, -0.1) is 11.3 Å². The lowest BCUT2D eigenvalue weighted by Gasteiger charge is -2.17. The minimum atomic E-state index is 0.612. The number of hydrogen-bond acceptors (Lipinski definition) is 2. The fourth-order valence-corrected chi connectivity index (χ4v) is 3.60. The number of nitrogens with one attached hydrogen (secondary N) is 1. The summed E-state index contributed by atoms with van der Waals surface area (Å²) >= 11 is 7.70. The molecule has 1 aromatic carbocycles. The van der Waals surface area contributed by atoms with E-state index in [4.69, 9.17) is 11.6 Å². The van der Waals surface area contributed by atoms with Gasteiger partial charge in [0, 0.05) is 4.88 Å². The van der Waals surface area contributed by atoms with Gasteiger partial charge in [0.1, 0.15) is 0 Å². The standard InChI is InChI=1S/C16H20ClNS/c1-12-5-3-4-6-14(12)9-13(11-18-2)10-15-7-8-16(17)19-15/h3-8,13,18H,9-11H2,1-2H3. The van der Waals surface area contributed by atoms with E-state index in [1.54, 1.807) is 11.3 Å². The topological polar surface area (TPSA) is 12.0 Å². The third kappa shape index (κ3) is 4.34. The molecule has 1 heterocycles. The number of halogens is 1. The lowest BCUT2D eigenvalue weighted by molar-refractivity contribution is 0.495. The van der Waals surface area contributed by atoms with Crippen molar-refractivity contribution in [2.45, 2.75) is 19.8 Å². The predicted octanol–water partition coefficient (Wildman–Crippen LogP) is 4.33. The summed E-state index contributed by atoms with van der Waals surface area (Å²) < 4.78 is 0.883. The molecule has 0 fully saturated rings. The van der Waals surface area contributed by atoms with E-state index in [0.717, 1.165) is 23.7 Å². The van der Waals surface area contributed by atoms with Crippen LogP contribution < -0.4 is 5.32 Å². The number of thiophene rings is 1. The van der Waals surface area contributed by atoms with Crippen molar-refractivity contribution in [2.75, 3.05) is 13.6 Å². The van der Waals surface area contributed by atoms with E-state index in [9.17, 15) is 0 Å². The van der Waals surface area contributed by atoms with Gasteiger partial charge in [-0.25, -0.2) is 0 Å². The van der Waals surface area contributed by atoms with E-state index in [2.05, 4.69) is 42.6 Å². The Morgan fingerprint density at radius 3 is 2.58 bits per heavy atom. The summed E-state index contributed by atoms with van der Waals surface area (Å²) in [5, 5.41) is 3.31. The highest BCUT2D eigenvalue weighted by Gasteiger charge is 2.12. The van der Waals surface area contributed by atoms with Crippen molar-refractivity contribution in [1.82, 2.24) is 5.32 Å². The first-order valence-electron chi connectivity index (χ1n) is 6.62. The zero-order chi connectivity index (χ0) is 13.7. The highest BCUT2D eigenvalue weighted by Crippen LogP contribution is 2.25. The number of hydrogen-bond donors (Lipinski definition) is 1. The molecule has 0 bridgehead atoms. The molecule has 1 atom stereocenters. The average Bonchev–Trinajstić information content (AvgIpc) is 2.78. The summed E-state index contributed by atoms with van der Waals surface area (Å²) in [6, 6.07) is 12.8. The third-order valence-corrected chi connectivity index (χ3v) is 4.63. The van der Waals surface area contributed by atoms with Gasteiger partial charge in [0.15, 0.2) is 0 Å². The van der Waals surface area contributed by atoms with Crippen molar-refractivity contribution in [2.24, 2.45) is 5.92 Å². The second-order valence-corrected chi connectivity index (χ2v) is 6.76. The minimum Gasteiger partial charge on any atom is -0.319 e. The molecule has 1 nitrogen and oxygen atoms in total. The van der Waals surface area contributed by atoms with Crippen LogP contribution in [-0.4, -0.2) is 13.6 Å². The summed E-state index contributed by atoms with van der Waals surface area (Å²) in [5.74, 6) is 0.612.